The van der Waals surface area contributed by atoms with Gasteiger partial charge >= 0.3 is 12.1 Å². The SMILES string of the molecule is COC12OC(=O)N(Cc3ccc([N+](=O)[O-])cc3)C1CC=C(C)O2. The lowest BCUT2D eigenvalue weighted by Gasteiger charge is -2.35. The van der Waals surface area contributed by atoms with Crippen LogP contribution in [0.2, 0.25) is 0 Å². The highest BCUT2D eigenvalue weighted by Crippen LogP contribution is 2.39. The highest BCUT2D eigenvalue weighted by molar-refractivity contribution is 5.71. The van der Waals surface area contributed by atoms with E-state index in [9.17, 15) is 14.9 Å². The van der Waals surface area contributed by atoms with Gasteiger partial charge in [-0.2, -0.15) is 0 Å². The summed E-state index contributed by atoms with van der Waals surface area (Å²) in [4.78, 5) is 23.9. The van der Waals surface area contributed by atoms with Crippen molar-refractivity contribution >= 4 is 11.8 Å². The van der Waals surface area contributed by atoms with Gasteiger partial charge in [-0.15, -0.1) is 0 Å². The van der Waals surface area contributed by atoms with Gasteiger partial charge in [0.15, 0.2) is 0 Å². The molecule has 23 heavy (non-hydrogen) atoms. The first-order chi connectivity index (χ1) is 10.9. The van der Waals surface area contributed by atoms with Gasteiger partial charge in [0.05, 0.1) is 10.7 Å². The number of ether oxygens (including phenoxy) is 3. The highest BCUT2D eigenvalue weighted by atomic mass is 16.9. The Hall–Kier alpha value is -2.61. The number of nitrogens with zero attached hydrogens (tertiary/aromatic N) is 2. The number of hydrogen-bond donors (Lipinski definition) is 0. The predicted octanol–water partition coefficient (Wildman–Crippen LogP) is 2.54. The maximum absolute atomic E-state index is 12.2. The fourth-order valence-electron chi connectivity index (χ4n) is 2.78. The molecular weight excluding hydrogens is 304 g/mol. The average Bonchev–Trinajstić information content (AvgIpc) is 2.80. The van der Waals surface area contributed by atoms with Crippen LogP contribution in [0.1, 0.15) is 18.9 Å². The molecule has 2 heterocycles. The molecule has 2 atom stereocenters. The number of rotatable bonds is 4. The third kappa shape index (κ3) is 2.61. The lowest BCUT2D eigenvalue weighted by molar-refractivity contribution is -0.384. The molecule has 8 nitrogen and oxygen atoms in total. The summed E-state index contributed by atoms with van der Waals surface area (Å²) in [5, 5.41) is 10.7. The first kappa shape index (κ1) is 15.3. The average molecular weight is 320 g/mol. The van der Waals surface area contributed by atoms with Gasteiger partial charge in [0.2, 0.25) is 0 Å². The Labute approximate surface area is 132 Å². The van der Waals surface area contributed by atoms with Crippen LogP contribution in [0.5, 0.6) is 0 Å². The Morgan fingerprint density at radius 2 is 2.09 bits per heavy atom. The number of allylic oxidation sites excluding steroid dienone is 1. The Bertz CT molecular complexity index is 671. The molecule has 0 spiro atoms. The molecule has 1 amide bonds. The van der Waals surface area contributed by atoms with Crippen LogP contribution in [-0.2, 0) is 20.8 Å². The molecule has 2 unspecified atom stereocenters. The zero-order valence-electron chi connectivity index (χ0n) is 12.7. The first-order valence-corrected chi connectivity index (χ1v) is 7.09. The van der Waals surface area contributed by atoms with Crippen molar-refractivity contribution in [1.82, 2.24) is 4.90 Å². The second kappa shape index (κ2) is 5.54. The number of nitro benzene ring substituents is 1. The quantitative estimate of drug-likeness (QED) is 0.625. The van der Waals surface area contributed by atoms with E-state index in [1.54, 1.807) is 19.1 Å². The largest absolute Gasteiger partial charge is 0.433 e. The number of non-ortho nitro benzene ring substituents is 1. The van der Waals surface area contributed by atoms with Gasteiger partial charge in [0, 0.05) is 25.8 Å². The van der Waals surface area contributed by atoms with E-state index in [2.05, 4.69) is 0 Å². The van der Waals surface area contributed by atoms with Crippen molar-refractivity contribution in [2.24, 2.45) is 0 Å². The molecule has 1 fully saturated rings. The van der Waals surface area contributed by atoms with Crippen molar-refractivity contribution in [2.75, 3.05) is 7.11 Å². The molecule has 1 aromatic rings. The highest BCUT2D eigenvalue weighted by Gasteiger charge is 2.58. The van der Waals surface area contributed by atoms with Gasteiger partial charge in [-0.25, -0.2) is 4.79 Å². The Morgan fingerprint density at radius 1 is 1.39 bits per heavy atom. The number of hydrogen-bond acceptors (Lipinski definition) is 6. The van der Waals surface area contributed by atoms with Gasteiger partial charge in [-0.05, 0) is 25.0 Å². The van der Waals surface area contributed by atoms with Crippen molar-refractivity contribution in [3.8, 4) is 0 Å². The molecule has 1 aromatic carbocycles. The molecule has 0 radical (unpaired) electrons. The lowest BCUT2D eigenvalue weighted by Crippen LogP contribution is -2.50. The lowest BCUT2D eigenvalue weighted by atomic mass is 10.1. The Kier molecular flexibility index (Phi) is 3.69. The van der Waals surface area contributed by atoms with Crippen molar-refractivity contribution in [3.05, 3.63) is 51.8 Å². The summed E-state index contributed by atoms with van der Waals surface area (Å²) in [5.41, 5.74) is 0.759. The van der Waals surface area contributed by atoms with E-state index in [1.807, 2.05) is 6.08 Å². The molecule has 3 rings (SSSR count). The monoisotopic (exact) mass is 320 g/mol. The predicted molar refractivity (Wildman–Crippen MR) is 78.1 cm³/mol. The number of carbonyl (C=O) groups is 1. The Balaban J connectivity index is 1.82. The Morgan fingerprint density at radius 3 is 2.70 bits per heavy atom. The van der Waals surface area contributed by atoms with E-state index in [4.69, 9.17) is 14.2 Å². The van der Waals surface area contributed by atoms with E-state index in [1.165, 1.54) is 24.1 Å². The summed E-state index contributed by atoms with van der Waals surface area (Å²) in [6, 6.07) is 5.62. The fourth-order valence-corrected chi connectivity index (χ4v) is 2.78. The van der Waals surface area contributed by atoms with Crippen LogP contribution in [0.25, 0.3) is 0 Å². The van der Waals surface area contributed by atoms with E-state index >= 15 is 0 Å². The minimum Gasteiger partial charge on any atom is -0.433 e. The number of amides is 1. The van der Waals surface area contributed by atoms with Gasteiger partial charge in [0.25, 0.3) is 5.69 Å². The minimum absolute atomic E-state index is 0.00328. The van der Waals surface area contributed by atoms with Crippen molar-refractivity contribution in [2.45, 2.75) is 31.9 Å². The molecule has 0 aliphatic carbocycles. The molecule has 0 saturated carbocycles. The molecule has 0 N–H and O–H groups in total. The van der Waals surface area contributed by atoms with E-state index in [-0.39, 0.29) is 12.2 Å². The normalized spacial score (nSPS) is 26.2. The summed E-state index contributed by atoms with van der Waals surface area (Å²) < 4.78 is 16.2. The van der Waals surface area contributed by atoms with Crippen LogP contribution in [0.3, 0.4) is 0 Å². The summed E-state index contributed by atoms with van der Waals surface area (Å²) in [5.74, 6) is -0.801. The standard InChI is InChI=1S/C15H16N2O6/c1-10-3-8-13-15(21-2,22-10)23-14(18)16(13)9-11-4-6-12(7-5-11)17(19)20/h3-7,13H,8-9H2,1-2H3. The molecule has 0 aromatic heterocycles. The maximum atomic E-state index is 12.2. The van der Waals surface area contributed by atoms with Crippen LogP contribution >= 0.6 is 0 Å². The van der Waals surface area contributed by atoms with E-state index in [0.29, 0.717) is 12.2 Å². The van der Waals surface area contributed by atoms with Crippen LogP contribution < -0.4 is 0 Å². The molecule has 122 valence electrons. The first-order valence-electron chi connectivity index (χ1n) is 7.09. The van der Waals surface area contributed by atoms with Gasteiger partial charge in [-0.1, -0.05) is 12.1 Å². The summed E-state index contributed by atoms with van der Waals surface area (Å²) in [6.07, 6.45) is 1.86. The number of methoxy groups -OCH3 is 1. The van der Waals surface area contributed by atoms with E-state index in [0.717, 1.165) is 5.56 Å². The van der Waals surface area contributed by atoms with Crippen LogP contribution in [0.4, 0.5) is 10.5 Å². The van der Waals surface area contributed by atoms with Crippen molar-refractivity contribution in [3.63, 3.8) is 0 Å². The zero-order chi connectivity index (χ0) is 16.6. The molecule has 8 heteroatoms. The van der Waals surface area contributed by atoms with Crippen LogP contribution in [-0.4, -0.2) is 35.0 Å². The fraction of sp³-hybridized carbons (Fsp3) is 0.400. The summed E-state index contributed by atoms with van der Waals surface area (Å²) in [7, 11) is 1.42. The van der Waals surface area contributed by atoms with Crippen molar-refractivity contribution in [1.29, 1.82) is 0 Å². The third-order valence-corrected chi connectivity index (χ3v) is 3.96. The third-order valence-electron chi connectivity index (χ3n) is 3.96. The number of fused-ring (bicyclic) bond motifs is 1. The summed E-state index contributed by atoms with van der Waals surface area (Å²) in [6.45, 7) is 2.02. The smallest absolute Gasteiger partial charge is 0.415 e. The molecule has 1 saturated heterocycles. The topological polar surface area (TPSA) is 91.1 Å². The van der Waals surface area contributed by atoms with Crippen LogP contribution in [0.15, 0.2) is 36.1 Å². The molecular formula is C15H16N2O6. The molecule has 2 aliphatic rings. The number of carbonyl (C=O) groups excluding carboxylic acids is 1. The second-order valence-corrected chi connectivity index (χ2v) is 5.40. The minimum atomic E-state index is -1.43. The molecule has 2 aliphatic heterocycles. The van der Waals surface area contributed by atoms with Gasteiger partial charge < -0.3 is 14.2 Å². The van der Waals surface area contributed by atoms with Gasteiger partial charge in [0.1, 0.15) is 6.04 Å². The number of nitro groups is 1. The van der Waals surface area contributed by atoms with Crippen LogP contribution in [0, 0.1) is 10.1 Å². The van der Waals surface area contributed by atoms with Crippen molar-refractivity contribution < 1.29 is 23.9 Å². The second-order valence-electron chi connectivity index (χ2n) is 5.40. The zero-order valence-corrected chi connectivity index (χ0v) is 12.7. The molecule has 0 bridgehead atoms. The maximum Gasteiger partial charge on any atom is 0.415 e. The summed E-state index contributed by atoms with van der Waals surface area (Å²) >= 11 is 0. The van der Waals surface area contributed by atoms with E-state index < -0.39 is 23.0 Å². The number of benzene rings is 1. The van der Waals surface area contributed by atoms with Gasteiger partial charge in [-0.3, -0.25) is 15.0 Å².